The van der Waals surface area contributed by atoms with Crippen LogP contribution in [0.25, 0.3) is 0 Å². The van der Waals surface area contributed by atoms with Crippen LogP contribution in [0.2, 0.25) is 0 Å². The molecular formula is C2H5IMg. The van der Waals surface area contributed by atoms with E-state index >= 15 is 0 Å². The summed E-state index contributed by atoms with van der Waals surface area (Å²) in [7, 11) is 0. The first-order chi connectivity index (χ1) is 1.41. The maximum absolute atomic E-state index is 3.35. The van der Waals surface area contributed by atoms with Gasteiger partial charge in [0.15, 0.2) is 0 Å². The van der Waals surface area contributed by atoms with E-state index in [4.69, 9.17) is 0 Å². The summed E-state index contributed by atoms with van der Waals surface area (Å²) in [6.45, 7) is 3.35. The Morgan fingerprint density at radius 2 is 2.00 bits per heavy atom. The predicted molar refractivity (Wildman–Crippen MR) is 32.2 cm³/mol. The van der Waals surface area contributed by atoms with Crippen molar-refractivity contribution in [2.45, 2.75) is 0 Å². The van der Waals surface area contributed by atoms with Crippen molar-refractivity contribution in [1.82, 2.24) is 0 Å². The summed E-state index contributed by atoms with van der Waals surface area (Å²) in [6.07, 6.45) is 0. The Bertz CT molecular complexity index is 19.0. The molecule has 0 aliphatic rings. The Labute approximate surface area is 58.9 Å². The van der Waals surface area contributed by atoms with Crippen molar-refractivity contribution in [3.8, 4) is 0 Å². The molecule has 0 aliphatic heterocycles. The molecule has 2 heteroatoms. The third-order valence-corrected chi connectivity index (χ3v) is 0. The average molecular weight is 180 g/mol. The Morgan fingerprint density at radius 3 is 2.00 bits per heavy atom. The van der Waals surface area contributed by atoms with Gasteiger partial charge >= 0.3 is 23.1 Å². The van der Waals surface area contributed by atoms with Crippen LogP contribution in [0.3, 0.4) is 0 Å². The quantitative estimate of drug-likeness (QED) is 0.390. The van der Waals surface area contributed by atoms with Crippen molar-refractivity contribution in [2.24, 2.45) is 0 Å². The third-order valence-electron chi connectivity index (χ3n) is 0. The van der Waals surface area contributed by atoms with E-state index in [9.17, 15) is 0 Å². The monoisotopic (exact) mass is 180 g/mol. The van der Waals surface area contributed by atoms with Crippen molar-refractivity contribution < 1.29 is 2.85 Å². The Morgan fingerprint density at radius 1 is 2.00 bits per heavy atom. The van der Waals surface area contributed by atoms with Crippen molar-refractivity contribution in [3.05, 3.63) is 10.7 Å². The molecule has 0 atom stereocenters. The minimum atomic E-state index is 0. The second kappa shape index (κ2) is 8.87. The predicted octanol–water partition coefficient (Wildman–Crippen LogP) is 1.41. The topological polar surface area (TPSA) is 0 Å². The van der Waals surface area contributed by atoms with E-state index in [1.807, 2.05) is 0 Å². The van der Waals surface area contributed by atoms with Gasteiger partial charge in [-0.05, 0) is 4.08 Å². The van der Waals surface area contributed by atoms with Crippen LogP contribution in [0, 0.1) is 0 Å². The fourth-order valence-corrected chi connectivity index (χ4v) is 0. The van der Waals surface area contributed by atoms with Crippen LogP contribution in [0.1, 0.15) is 2.85 Å². The van der Waals surface area contributed by atoms with E-state index in [1.165, 1.54) is 0 Å². The molecule has 0 nitrogen and oxygen atoms in total. The smallest absolute Gasteiger partial charge is 1.00 e. The van der Waals surface area contributed by atoms with Gasteiger partial charge in [-0.1, -0.05) is 29.2 Å². The van der Waals surface area contributed by atoms with Crippen molar-refractivity contribution in [2.75, 3.05) is 0 Å². The standard InChI is InChI=1S/C2H3I.Mg.2H/c1-2-3;;;/h2H,1H2;;;/q;+2;2*-1. The van der Waals surface area contributed by atoms with Crippen molar-refractivity contribution in [3.63, 3.8) is 0 Å². The SMILES string of the molecule is C=CI.[H-].[H-].[Mg+2]. The molecule has 0 bridgehead atoms. The molecule has 0 fully saturated rings. The van der Waals surface area contributed by atoms with Gasteiger partial charge in [0.05, 0.1) is 0 Å². The molecule has 0 heterocycles. The molecule has 0 unspecified atom stereocenters. The van der Waals surface area contributed by atoms with Crippen LogP contribution in [-0.4, -0.2) is 23.1 Å². The van der Waals surface area contributed by atoms with Crippen LogP contribution >= 0.6 is 22.6 Å². The molecule has 0 N–H and O–H groups in total. The van der Waals surface area contributed by atoms with E-state index in [-0.39, 0.29) is 25.9 Å². The molecule has 0 saturated carbocycles. The molecule has 0 rings (SSSR count). The molecule has 0 spiro atoms. The first-order valence-electron chi connectivity index (χ1n) is 0.626. The van der Waals surface area contributed by atoms with Gasteiger partial charge in [-0.25, -0.2) is 0 Å². The van der Waals surface area contributed by atoms with Gasteiger partial charge in [0.2, 0.25) is 0 Å². The second-order valence-corrected chi connectivity index (χ2v) is 1.04. The molecule has 0 amide bonds. The molecule has 0 aromatic heterocycles. The molecule has 4 heavy (non-hydrogen) atoms. The largest absolute Gasteiger partial charge is 2.00 e. The van der Waals surface area contributed by atoms with Gasteiger partial charge < -0.3 is 2.85 Å². The van der Waals surface area contributed by atoms with Crippen molar-refractivity contribution in [1.29, 1.82) is 0 Å². The molecule has 0 saturated heterocycles. The van der Waals surface area contributed by atoms with E-state index in [1.54, 1.807) is 4.08 Å². The summed E-state index contributed by atoms with van der Waals surface area (Å²) in [6, 6.07) is 0. The first kappa shape index (κ1) is 8.97. The fourth-order valence-electron chi connectivity index (χ4n) is 0. The Kier molecular flexibility index (Phi) is 19.9. The Hall–Kier alpha value is 1.24. The van der Waals surface area contributed by atoms with Gasteiger partial charge in [0.1, 0.15) is 0 Å². The van der Waals surface area contributed by atoms with Crippen LogP contribution in [0.15, 0.2) is 10.7 Å². The van der Waals surface area contributed by atoms with Gasteiger partial charge in [-0.2, -0.15) is 0 Å². The minimum absolute atomic E-state index is 0. The van der Waals surface area contributed by atoms with E-state index in [0.29, 0.717) is 0 Å². The summed E-state index contributed by atoms with van der Waals surface area (Å²) >= 11 is 2.05. The zero-order valence-corrected chi connectivity index (χ0v) is 5.94. The molecular weight excluding hydrogens is 175 g/mol. The maximum atomic E-state index is 3.35. The van der Waals surface area contributed by atoms with E-state index in [2.05, 4.69) is 29.2 Å². The zero-order chi connectivity index (χ0) is 2.71. The number of hydrogen-bond donors (Lipinski definition) is 0. The summed E-state index contributed by atoms with van der Waals surface area (Å²) < 4.78 is 1.72. The van der Waals surface area contributed by atoms with Gasteiger partial charge in [-0.15, -0.1) is 0 Å². The second-order valence-electron chi connectivity index (χ2n) is 0.154. The fraction of sp³-hybridized carbons (Fsp3) is 0. The Balaban J connectivity index is -0.00000000667. The minimum Gasteiger partial charge on any atom is -1.00 e. The maximum Gasteiger partial charge on any atom is 2.00 e. The van der Waals surface area contributed by atoms with Crippen molar-refractivity contribution >= 4 is 45.6 Å². The zero-order valence-electron chi connectivity index (χ0n) is 4.37. The van der Waals surface area contributed by atoms with Crippen LogP contribution in [0.4, 0.5) is 0 Å². The van der Waals surface area contributed by atoms with Gasteiger partial charge in [0, 0.05) is 0 Å². The number of rotatable bonds is 0. The van der Waals surface area contributed by atoms with E-state index in [0.717, 1.165) is 0 Å². The van der Waals surface area contributed by atoms with Crippen LogP contribution in [0.5, 0.6) is 0 Å². The summed E-state index contributed by atoms with van der Waals surface area (Å²) in [5.74, 6) is 0. The number of hydrogen-bond acceptors (Lipinski definition) is 0. The summed E-state index contributed by atoms with van der Waals surface area (Å²) in [5.41, 5.74) is 0. The number of halogens is 1. The molecule has 0 aromatic carbocycles. The van der Waals surface area contributed by atoms with Gasteiger partial charge in [-0.3, -0.25) is 0 Å². The normalized spacial score (nSPS) is 3.25. The molecule has 0 aromatic rings. The third kappa shape index (κ3) is 10.6. The summed E-state index contributed by atoms with van der Waals surface area (Å²) in [4.78, 5) is 0. The summed E-state index contributed by atoms with van der Waals surface area (Å²) in [5, 5.41) is 0. The molecule has 22 valence electrons. The van der Waals surface area contributed by atoms with E-state index < -0.39 is 0 Å². The first-order valence-corrected chi connectivity index (χ1v) is 1.87. The average Bonchev–Trinajstić information content (AvgIpc) is 0.918. The van der Waals surface area contributed by atoms with Crippen LogP contribution in [-0.2, 0) is 0 Å². The van der Waals surface area contributed by atoms with Gasteiger partial charge in [0.25, 0.3) is 0 Å². The van der Waals surface area contributed by atoms with Crippen LogP contribution < -0.4 is 0 Å². The molecule has 0 aliphatic carbocycles. The molecule has 0 radical (unpaired) electrons.